The minimum atomic E-state index is -0.782. The van der Waals surface area contributed by atoms with Gasteiger partial charge in [0.05, 0.1) is 20.7 Å². The zero-order chi connectivity index (χ0) is 14.3. The lowest BCUT2D eigenvalue weighted by Gasteiger charge is -2.03. The van der Waals surface area contributed by atoms with Crippen molar-refractivity contribution in [2.24, 2.45) is 0 Å². The van der Waals surface area contributed by atoms with Gasteiger partial charge in [0.2, 0.25) is 0 Å². The van der Waals surface area contributed by atoms with E-state index in [1.54, 1.807) is 17.4 Å². The minimum absolute atomic E-state index is 0.441. The van der Waals surface area contributed by atoms with E-state index in [1.165, 1.54) is 0 Å². The molecule has 0 amide bonds. The fourth-order valence-electron chi connectivity index (χ4n) is 2.42. The Hall–Kier alpha value is -1.10. The Morgan fingerprint density at radius 3 is 2.90 bits per heavy atom. The molecule has 104 valence electrons. The average Bonchev–Trinajstić information content (AvgIpc) is 2.93. The molecule has 1 aliphatic carbocycles. The second kappa shape index (κ2) is 5.35. The van der Waals surface area contributed by atoms with Crippen molar-refractivity contribution >= 4 is 40.5 Å². The molecule has 2 aromatic rings. The van der Waals surface area contributed by atoms with Crippen LogP contribution < -0.4 is 0 Å². The number of halogens is 2. The molecule has 1 aromatic carbocycles. The van der Waals surface area contributed by atoms with Crippen LogP contribution in [0.4, 0.5) is 0 Å². The molecule has 3 rings (SSSR count). The van der Waals surface area contributed by atoms with Gasteiger partial charge in [-0.3, -0.25) is 4.79 Å². The molecule has 0 spiro atoms. The maximum absolute atomic E-state index is 11.1. The lowest BCUT2D eigenvalue weighted by molar-refractivity contribution is -0.138. The summed E-state index contributed by atoms with van der Waals surface area (Å²) < 4.78 is 0. The molecule has 0 bridgehead atoms. The maximum atomic E-state index is 11.1. The quantitative estimate of drug-likeness (QED) is 0.921. The Morgan fingerprint density at radius 2 is 2.20 bits per heavy atom. The van der Waals surface area contributed by atoms with Crippen molar-refractivity contribution in [3.63, 3.8) is 0 Å². The number of aromatic nitrogens is 1. The molecule has 1 aliphatic rings. The fraction of sp³-hybridized carbons (Fsp3) is 0.286. The average molecular weight is 328 g/mol. The zero-order valence-corrected chi connectivity index (χ0v) is 12.7. The summed E-state index contributed by atoms with van der Waals surface area (Å²) in [5, 5.41) is 11.1. The Bertz CT molecular complexity index is 684. The second-order valence-electron chi connectivity index (χ2n) is 4.77. The third kappa shape index (κ3) is 2.55. The van der Waals surface area contributed by atoms with Crippen molar-refractivity contribution in [3.8, 4) is 0 Å². The van der Waals surface area contributed by atoms with Crippen molar-refractivity contribution < 1.29 is 9.90 Å². The van der Waals surface area contributed by atoms with Crippen LogP contribution >= 0.6 is 34.5 Å². The fourth-order valence-corrected chi connectivity index (χ4v) is 3.92. The minimum Gasteiger partial charge on any atom is -0.481 e. The summed E-state index contributed by atoms with van der Waals surface area (Å²) in [5.74, 6) is -1.22. The number of carbonyl (C=O) groups is 1. The molecule has 0 aliphatic heterocycles. The summed E-state index contributed by atoms with van der Waals surface area (Å²) >= 11 is 13.5. The zero-order valence-electron chi connectivity index (χ0n) is 10.4. The van der Waals surface area contributed by atoms with Crippen LogP contribution in [0.1, 0.15) is 33.5 Å². The molecule has 3 nitrogen and oxygen atoms in total. The predicted molar refractivity (Wildman–Crippen MR) is 80.1 cm³/mol. The standard InChI is InChI=1S/C14H11Cl2NO2S/c15-9-3-1-7(5-10(9)16)6-12-17-13-8(14(18)19)2-4-11(13)20-12/h1,3,5,8H,2,4,6H2,(H,18,19). The van der Waals surface area contributed by atoms with Crippen molar-refractivity contribution in [2.45, 2.75) is 25.2 Å². The van der Waals surface area contributed by atoms with E-state index in [-0.39, 0.29) is 0 Å². The van der Waals surface area contributed by atoms with Crippen LogP contribution in [0.15, 0.2) is 18.2 Å². The molecule has 1 aromatic heterocycles. The highest BCUT2D eigenvalue weighted by Crippen LogP contribution is 2.37. The molecular weight excluding hydrogens is 317 g/mol. The third-order valence-electron chi connectivity index (χ3n) is 3.40. The van der Waals surface area contributed by atoms with E-state index in [2.05, 4.69) is 4.98 Å². The van der Waals surface area contributed by atoms with E-state index in [0.29, 0.717) is 22.9 Å². The van der Waals surface area contributed by atoms with Gasteiger partial charge in [0.1, 0.15) is 5.92 Å². The lowest BCUT2D eigenvalue weighted by atomic mass is 10.1. The molecule has 0 radical (unpaired) electrons. The monoisotopic (exact) mass is 327 g/mol. The van der Waals surface area contributed by atoms with Gasteiger partial charge in [0.15, 0.2) is 0 Å². The van der Waals surface area contributed by atoms with Gasteiger partial charge in [-0.1, -0.05) is 29.3 Å². The van der Waals surface area contributed by atoms with Crippen molar-refractivity contribution in [1.82, 2.24) is 4.98 Å². The van der Waals surface area contributed by atoms with Gasteiger partial charge in [-0.2, -0.15) is 0 Å². The smallest absolute Gasteiger partial charge is 0.312 e. The van der Waals surface area contributed by atoms with Gasteiger partial charge in [0.25, 0.3) is 0 Å². The highest BCUT2D eigenvalue weighted by atomic mass is 35.5. The molecule has 0 saturated heterocycles. The number of carboxylic acids is 1. The van der Waals surface area contributed by atoms with Crippen LogP contribution in [0.5, 0.6) is 0 Å². The van der Waals surface area contributed by atoms with E-state index < -0.39 is 11.9 Å². The van der Waals surface area contributed by atoms with Gasteiger partial charge < -0.3 is 5.11 Å². The normalized spacial score (nSPS) is 17.2. The van der Waals surface area contributed by atoms with Crippen LogP contribution in [-0.2, 0) is 17.6 Å². The summed E-state index contributed by atoms with van der Waals surface area (Å²) in [7, 11) is 0. The summed E-state index contributed by atoms with van der Waals surface area (Å²) in [6.07, 6.45) is 2.13. The van der Waals surface area contributed by atoms with E-state index in [0.717, 1.165) is 27.6 Å². The Balaban J connectivity index is 1.84. The largest absolute Gasteiger partial charge is 0.481 e. The third-order valence-corrected chi connectivity index (χ3v) is 5.27. The van der Waals surface area contributed by atoms with Crippen LogP contribution in [0.3, 0.4) is 0 Å². The van der Waals surface area contributed by atoms with Gasteiger partial charge in [0, 0.05) is 11.3 Å². The Morgan fingerprint density at radius 1 is 1.40 bits per heavy atom. The van der Waals surface area contributed by atoms with Crippen molar-refractivity contribution in [3.05, 3.63) is 49.4 Å². The lowest BCUT2D eigenvalue weighted by Crippen LogP contribution is -2.08. The van der Waals surface area contributed by atoms with Gasteiger partial charge in [-0.05, 0) is 30.5 Å². The summed E-state index contributed by atoms with van der Waals surface area (Å²) in [4.78, 5) is 16.8. The van der Waals surface area contributed by atoms with Gasteiger partial charge >= 0.3 is 5.97 Å². The molecule has 6 heteroatoms. The number of nitrogens with zero attached hydrogens (tertiary/aromatic N) is 1. The van der Waals surface area contributed by atoms with E-state index in [9.17, 15) is 4.79 Å². The number of aliphatic carboxylic acids is 1. The molecule has 1 heterocycles. The van der Waals surface area contributed by atoms with Crippen LogP contribution in [0, 0.1) is 0 Å². The molecule has 1 atom stereocenters. The number of hydrogen-bond acceptors (Lipinski definition) is 3. The van der Waals surface area contributed by atoms with E-state index in [1.807, 2.05) is 12.1 Å². The molecule has 20 heavy (non-hydrogen) atoms. The summed E-state index contributed by atoms with van der Waals surface area (Å²) in [6, 6.07) is 5.50. The first kappa shape index (κ1) is 13.9. The van der Waals surface area contributed by atoms with Crippen LogP contribution in [0.25, 0.3) is 0 Å². The Labute approximate surface area is 130 Å². The number of thiazole rings is 1. The maximum Gasteiger partial charge on any atom is 0.312 e. The number of hydrogen-bond donors (Lipinski definition) is 1. The van der Waals surface area contributed by atoms with Gasteiger partial charge in [-0.25, -0.2) is 4.98 Å². The molecule has 0 fully saturated rings. The Kier molecular flexibility index (Phi) is 3.71. The SMILES string of the molecule is O=C(O)C1CCc2sc(Cc3ccc(Cl)c(Cl)c3)nc21. The summed E-state index contributed by atoms with van der Waals surface area (Å²) in [6.45, 7) is 0. The number of benzene rings is 1. The van der Waals surface area contributed by atoms with Crippen molar-refractivity contribution in [1.29, 1.82) is 0 Å². The first-order valence-corrected chi connectivity index (χ1v) is 7.77. The first-order valence-electron chi connectivity index (χ1n) is 6.20. The number of rotatable bonds is 3. The van der Waals surface area contributed by atoms with Crippen LogP contribution in [0.2, 0.25) is 10.0 Å². The van der Waals surface area contributed by atoms with Gasteiger partial charge in [-0.15, -0.1) is 11.3 Å². The van der Waals surface area contributed by atoms with Crippen LogP contribution in [-0.4, -0.2) is 16.1 Å². The molecule has 0 saturated carbocycles. The van der Waals surface area contributed by atoms with E-state index >= 15 is 0 Å². The molecule has 1 N–H and O–H groups in total. The van der Waals surface area contributed by atoms with Crippen molar-refractivity contribution in [2.75, 3.05) is 0 Å². The number of fused-ring (bicyclic) bond motifs is 1. The summed E-state index contributed by atoms with van der Waals surface area (Å²) in [5.41, 5.74) is 1.77. The first-order chi connectivity index (χ1) is 9.54. The number of carboxylic acid groups (broad SMARTS) is 1. The molecule has 1 unspecified atom stereocenters. The highest BCUT2D eigenvalue weighted by Gasteiger charge is 2.32. The highest BCUT2D eigenvalue weighted by molar-refractivity contribution is 7.11. The molecular formula is C14H11Cl2NO2S. The number of aryl methyl sites for hydroxylation is 1. The van der Waals surface area contributed by atoms with E-state index in [4.69, 9.17) is 28.3 Å². The topological polar surface area (TPSA) is 50.2 Å². The predicted octanol–water partition coefficient (Wildman–Crippen LogP) is 4.16. The second-order valence-corrected chi connectivity index (χ2v) is 6.75.